The van der Waals surface area contributed by atoms with Crippen molar-refractivity contribution in [1.82, 2.24) is 0 Å². The van der Waals surface area contributed by atoms with Gasteiger partial charge in [-0.25, -0.2) is 0 Å². The minimum atomic E-state index is 0.588. The topological polar surface area (TPSA) is 26.3 Å². The Bertz CT molecular complexity index is 506. The maximum Gasteiger partial charge on any atom is 0.153 e. The number of rotatable bonds is 3. The third-order valence-electron chi connectivity index (χ3n) is 2.17. The first-order chi connectivity index (χ1) is 9.19. The summed E-state index contributed by atoms with van der Waals surface area (Å²) < 4.78 is 5.20. The second-order valence-electron chi connectivity index (χ2n) is 3.50. The Balaban J connectivity index is 0.000000200. The summed E-state index contributed by atoms with van der Waals surface area (Å²) in [5.74, 6) is 0.657. The van der Waals surface area contributed by atoms with Crippen LogP contribution < -0.4 is 4.74 Å². The molecule has 19 heavy (non-hydrogen) atoms. The van der Waals surface area contributed by atoms with Crippen molar-refractivity contribution in [3.05, 3.63) is 64.1 Å². The van der Waals surface area contributed by atoms with Gasteiger partial charge in [0.2, 0.25) is 0 Å². The van der Waals surface area contributed by atoms with Crippen LogP contribution in [-0.2, 0) is 0 Å². The fourth-order valence-corrected chi connectivity index (χ4v) is 1.58. The van der Waals surface area contributed by atoms with Gasteiger partial charge in [-0.15, -0.1) is 0 Å². The van der Waals surface area contributed by atoms with Crippen molar-refractivity contribution in [2.45, 2.75) is 6.92 Å². The van der Waals surface area contributed by atoms with Crippen molar-refractivity contribution in [3.8, 4) is 5.75 Å². The van der Waals surface area contributed by atoms with E-state index in [-0.39, 0.29) is 0 Å². The van der Waals surface area contributed by atoms with Gasteiger partial charge in [0.05, 0.1) is 22.2 Å². The smallest absolute Gasteiger partial charge is 0.153 e. The summed E-state index contributed by atoms with van der Waals surface area (Å²) in [6.45, 7) is 2.48. The first-order valence-electron chi connectivity index (χ1n) is 5.76. The highest BCUT2D eigenvalue weighted by molar-refractivity contribution is 6.41. The van der Waals surface area contributed by atoms with Crippen molar-refractivity contribution in [2.75, 3.05) is 6.61 Å². The zero-order valence-corrected chi connectivity index (χ0v) is 12.0. The molecule has 0 amide bonds. The Morgan fingerprint density at radius 3 is 2.00 bits per heavy atom. The SMILES string of the molecule is CCOc1ccccc1C=O.Clc1ccccc1Cl. The molecule has 0 spiro atoms. The molecule has 0 unspecified atom stereocenters. The maximum absolute atomic E-state index is 10.4. The molecule has 0 heterocycles. The van der Waals surface area contributed by atoms with Crippen molar-refractivity contribution in [2.24, 2.45) is 0 Å². The molecule has 0 radical (unpaired) electrons. The lowest BCUT2D eigenvalue weighted by Gasteiger charge is -2.03. The van der Waals surface area contributed by atoms with E-state index in [0.717, 1.165) is 6.29 Å². The van der Waals surface area contributed by atoms with E-state index in [2.05, 4.69) is 0 Å². The summed E-state index contributed by atoms with van der Waals surface area (Å²) in [5.41, 5.74) is 0.606. The van der Waals surface area contributed by atoms with Gasteiger partial charge in [0.15, 0.2) is 6.29 Å². The molecule has 0 N–H and O–H groups in total. The van der Waals surface area contributed by atoms with Crippen LogP contribution in [0.1, 0.15) is 17.3 Å². The second-order valence-corrected chi connectivity index (χ2v) is 4.32. The first kappa shape index (κ1) is 15.5. The molecule has 4 heteroatoms. The van der Waals surface area contributed by atoms with E-state index in [1.807, 2.05) is 31.2 Å². The van der Waals surface area contributed by atoms with Crippen LogP contribution in [0.15, 0.2) is 48.5 Å². The molecule has 0 bridgehead atoms. The van der Waals surface area contributed by atoms with E-state index in [1.165, 1.54) is 0 Å². The van der Waals surface area contributed by atoms with Crippen molar-refractivity contribution >= 4 is 29.5 Å². The molecule has 0 fully saturated rings. The number of benzene rings is 2. The molecule has 0 saturated carbocycles. The van der Waals surface area contributed by atoms with Crippen LogP contribution >= 0.6 is 23.2 Å². The third kappa shape index (κ3) is 5.33. The number of para-hydroxylation sites is 1. The lowest BCUT2D eigenvalue weighted by atomic mass is 10.2. The van der Waals surface area contributed by atoms with Crippen LogP contribution in [0.5, 0.6) is 5.75 Å². The molecule has 0 saturated heterocycles. The summed E-state index contributed by atoms with van der Waals surface area (Å²) in [5, 5.41) is 1.21. The molecule has 2 nitrogen and oxygen atoms in total. The molecule has 0 aliphatic rings. The van der Waals surface area contributed by atoms with Crippen molar-refractivity contribution in [3.63, 3.8) is 0 Å². The number of carbonyl (C=O) groups is 1. The fraction of sp³-hybridized carbons (Fsp3) is 0.133. The summed E-state index contributed by atoms with van der Waals surface area (Å²) in [6, 6.07) is 14.4. The van der Waals surface area contributed by atoms with Gasteiger partial charge in [0, 0.05) is 0 Å². The Morgan fingerprint density at radius 2 is 1.53 bits per heavy atom. The fourth-order valence-electron chi connectivity index (χ4n) is 1.30. The highest BCUT2D eigenvalue weighted by Gasteiger charge is 1.98. The van der Waals surface area contributed by atoms with Gasteiger partial charge >= 0.3 is 0 Å². The van der Waals surface area contributed by atoms with Crippen molar-refractivity contribution < 1.29 is 9.53 Å². The number of hydrogen-bond donors (Lipinski definition) is 0. The zero-order chi connectivity index (χ0) is 14.1. The summed E-state index contributed by atoms with van der Waals surface area (Å²) in [7, 11) is 0. The number of halogens is 2. The minimum absolute atomic E-state index is 0.588. The van der Waals surface area contributed by atoms with Crippen molar-refractivity contribution in [1.29, 1.82) is 0 Å². The largest absolute Gasteiger partial charge is 0.493 e. The quantitative estimate of drug-likeness (QED) is 0.754. The molecular weight excluding hydrogens is 283 g/mol. The average Bonchev–Trinajstić information content (AvgIpc) is 2.44. The molecule has 2 rings (SSSR count). The molecule has 2 aromatic rings. The molecule has 0 aromatic heterocycles. The van der Waals surface area contributed by atoms with Gasteiger partial charge in [-0.05, 0) is 31.2 Å². The third-order valence-corrected chi connectivity index (χ3v) is 2.93. The van der Waals surface area contributed by atoms with Crippen LogP contribution in [0.3, 0.4) is 0 Å². The lowest BCUT2D eigenvalue weighted by Crippen LogP contribution is -1.94. The number of ether oxygens (including phenoxy) is 1. The Hall–Kier alpha value is -1.51. The number of hydrogen-bond acceptors (Lipinski definition) is 2. The van der Waals surface area contributed by atoms with Crippen LogP contribution in [0, 0.1) is 0 Å². The van der Waals surface area contributed by atoms with Gasteiger partial charge in [-0.1, -0.05) is 47.5 Å². The van der Waals surface area contributed by atoms with Crippen LogP contribution in [0.2, 0.25) is 10.0 Å². The van der Waals surface area contributed by atoms with E-state index in [4.69, 9.17) is 27.9 Å². The molecule has 0 atom stereocenters. The summed E-state index contributed by atoms with van der Waals surface area (Å²) in [6.07, 6.45) is 0.797. The molecule has 0 aliphatic heterocycles. The lowest BCUT2D eigenvalue weighted by molar-refractivity contribution is 0.112. The Labute approximate surface area is 122 Å². The van der Waals surface area contributed by atoms with E-state index >= 15 is 0 Å². The second kappa shape index (κ2) is 8.57. The van der Waals surface area contributed by atoms with E-state index in [1.54, 1.807) is 24.3 Å². The predicted molar refractivity (Wildman–Crippen MR) is 79.5 cm³/mol. The first-order valence-corrected chi connectivity index (χ1v) is 6.51. The Morgan fingerprint density at radius 1 is 1.00 bits per heavy atom. The van der Waals surface area contributed by atoms with E-state index < -0.39 is 0 Å². The van der Waals surface area contributed by atoms with Crippen LogP contribution in [-0.4, -0.2) is 12.9 Å². The molecule has 2 aromatic carbocycles. The van der Waals surface area contributed by atoms with Crippen LogP contribution in [0.4, 0.5) is 0 Å². The minimum Gasteiger partial charge on any atom is -0.493 e. The molecular formula is C15H14Cl2O2. The molecule has 100 valence electrons. The normalized spacial score (nSPS) is 9.21. The standard InChI is InChI=1S/C9H10O2.C6H4Cl2/c1-2-11-9-6-4-3-5-8(9)7-10;7-5-3-1-2-4-6(5)8/h3-7H,2H2,1H3;1-4H. The number of carbonyl (C=O) groups excluding carboxylic acids is 1. The van der Waals surface area contributed by atoms with Gasteiger partial charge in [-0.3, -0.25) is 4.79 Å². The Kier molecular flexibility index (Phi) is 7.01. The van der Waals surface area contributed by atoms with E-state index in [9.17, 15) is 4.79 Å². The maximum atomic E-state index is 10.4. The summed E-state index contributed by atoms with van der Waals surface area (Å²) in [4.78, 5) is 10.4. The zero-order valence-electron chi connectivity index (χ0n) is 10.5. The van der Waals surface area contributed by atoms with Crippen LogP contribution in [0.25, 0.3) is 0 Å². The highest BCUT2D eigenvalue weighted by Crippen LogP contribution is 2.19. The monoisotopic (exact) mass is 296 g/mol. The van der Waals surface area contributed by atoms with Gasteiger partial charge < -0.3 is 4.74 Å². The average molecular weight is 297 g/mol. The van der Waals surface area contributed by atoms with Gasteiger partial charge in [-0.2, -0.15) is 0 Å². The molecule has 0 aliphatic carbocycles. The summed E-state index contributed by atoms with van der Waals surface area (Å²) >= 11 is 11.2. The highest BCUT2D eigenvalue weighted by atomic mass is 35.5. The predicted octanol–water partition coefficient (Wildman–Crippen LogP) is 4.89. The van der Waals surface area contributed by atoms with Gasteiger partial charge in [0.1, 0.15) is 5.75 Å². The van der Waals surface area contributed by atoms with Gasteiger partial charge in [0.25, 0.3) is 0 Å². The number of aldehydes is 1. The van der Waals surface area contributed by atoms with E-state index in [0.29, 0.717) is 28.0 Å².